The molecular formula is C11H10FN3O3S. The first-order valence-electron chi connectivity index (χ1n) is 5.49. The van der Waals surface area contributed by atoms with Crippen molar-refractivity contribution in [2.24, 2.45) is 0 Å². The van der Waals surface area contributed by atoms with Crippen LogP contribution in [-0.4, -0.2) is 32.5 Å². The topological polar surface area (TPSA) is 93.2 Å². The quantitative estimate of drug-likeness (QED) is 0.476. The van der Waals surface area contributed by atoms with Gasteiger partial charge < -0.3 is 4.55 Å². The standard InChI is InChI=1S/C11H10FN3O3S/c12-8-5-10(6-13)14(7-8)19(18)11-3-1-9(2-4-11)15(16)17/h1-4,8,10H,5,7H2/t8-,10-,19?/m1/s1. The number of hydrogen-bond donors (Lipinski definition) is 0. The first-order valence-corrected chi connectivity index (χ1v) is 6.60. The fourth-order valence-electron chi connectivity index (χ4n) is 1.88. The molecule has 1 aromatic carbocycles. The van der Waals surface area contributed by atoms with Crippen LogP contribution >= 0.6 is 0 Å². The van der Waals surface area contributed by atoms with Crippen LogP contribution in [0.3, 0.4) is 0 Å². The predicted molar refractivity (Wildman–Crippen MR) is 65.1 cm³/mol. The number of nitro groups is 1. The zero-order valence-corrected chi connectivity index (χ0v) is 10.5. The maximum atomic E-state index is 13.2. The fourth-order valence-corrected chi connectivity index (χ4v) is 3.18. The second-order valence-corrected chi connectivity index (χ2v) is 5.52. The molecule has 3 atom stereocenters. The molecule has 6 nitrogen and oxygen atoms in total. The van der Waals surface area contributed by atoms with Gasteiger partial charge in [0.05, 0.1) is 28.9 Å². The number of nitro benzene ring substituents is 1. The Morgan fingerprint density at radius 1 is 1.47 bits per heavy atom. The molecule has 0 radical (unpaired) electrons. The molecule has 1 aromatic rings. The Bertz CT molecular complexity index is 519. The van der Waals surface area contributed by atoms with Crippen LogP contribution in [0.25, 0.3) is 0 Å². The van der Waals surface area contributed by atoms with Gasteiger partial charge in [-0.2, -0.15) is 5.26 Å². The van der Waals surface area contributed by atoms with Gasteiger partial charge in [0.1, 0.15) is 12.2 Å². The van der Waals surface area contributed by atoms with E-state index in [9.17, 15) is 19.1 Å². The normalized spacial score (nSPS) is 24.9. The molecule has 0 spiro atoms. The van der Waals surface area contributed by atoms with E-state index in [0.717, 1.165) is 0 Å². The highest BCUT2D eigenvalue weighted by Gasteiger charge is 2.40. The third kappa shape index (κ3) is 2.84. The largest absolute Gasteiger partial charge is 0.593 e. The van der Waals surface area contributed by atoms with Crippen molar-refractivity contribution in [3.05, 3.63) is 34.4 Å². The van der Waals surface area contributed by atoms with Gasteiger partial charge in [-0.05, 0) is 0 Å². The minimum atomic E-state index is -1.68. The smallest absolute Gasteiger partial charge is 0.269 e. The summed E-state index contributed by atoms with van der Waals surface area (Å²) in [5, 5.41) is 19.4. The van der Waals surface area contributed by atoms with E-state index in [4.69, 9.17) is 5.26 Å². The molecule has 0 aliphatic carbocycles. The second kappa shape index (κ2) is 5.52. The van der Waals surface area contributed by atoms with E-state index < -0.39 is 28.5 Å². The lowest BCUT2D eigenvalue weighted by molar-refractivity contribution is -0.384. The van der Waals surface area contributed by atoms with Crippen molar-refractivity contribution in [3.63, 3.8) is 0 Å². The molecule has 0 amide bonds. The lowest BCUT2D eigenvalue weighted by Gasteiger charge is -2.21. The highest BCUT2D eigenvalue weighted by atomic mass is 32.2. The molecule has 0 N–H and O–H groups in total. The molecule has 0 saturated carbocycles. The number of nitrogens with zero attached hydrogens (tertiary/aromatic N) is 3. The van der Waals surface area contributed by atoms with Gasteiger partial charge in [-0.1, -0.05) is 0 Å². The van der Waals surface area contributed by atoms with E-state index in [-0.39, 0.29) is 18.7 Å². The van der Waals surface area contributed by atoms with Crippen LogP contribution in [-0.2, 0) is 11.4 Å². The molecule has 0 bridgehead atoms. The highest BCUT2D eigenvalue weighted by molar-refractivity contribution is 7.89. The third-order valence-electron chi connectivity index (χ3n) is 2.82. The van der Waals surface area contributed by atoms with E-state index in [0.29, 0.717) is 4.90 Å². The van der Waals surface area contributed by atoms with Gasteiger partial charge in [0.15, 0.2) is 4.90 Å². The zero-order valence-electron chi connectivity index (χ0n) is 9.73. The van der Waals surface area contributed by atoms with E-state index in [2.05, 4.69) is 0 Å². The van der Waals surface area contributed by atoms with Crippen molar-refractivity contribution < 1.29 is 13.9 Å². The van der Waals surface area contributed by atoms with Crippen molar-refractivity contribution in [2.75, 3.05) is 6.54 Å². The summed E-state index contributed by atoms with van der Waals surface area (Å²) >= 11 is -1.68. The summed E-state index contributed by atoms with van der Waals surface area (Å²) in [6.45, 7) is -0.0676. The average molecular weight is 283 g/mol. The van der Waals surface area contributed by atoms with Crippen molar-refractivity contribution in [1.29, 1.82) is 5.26 Å². The molecule has 1 aliphatic rings. The minimum absolute atomic E-state index is 0.0369. The molecule has 1 unspecified atom stereocenters. The average Bonchev–Trinajstić information content (AvgIpc) is 2.79. The van der Waals surface area contributed by atoms with Crippen molar-refractivity contribution in [1.82, 2.24) is 4.31 Å². The number of alkyl halides is 1. The molecule has 19 heavy (non-hydrogen) atoms. The van der Waals surface area contributed by atoms with Crippen LogP contribution in [0.1, 0.15) is 6.42 Å². The van der Waals surface area contributed by atoms with Gasteiger partial charge in [-0.3, -0.25) is 10.1 Å². The van der Waals surface area contributed by atoms with Gasteiger partial charge in [-0.15, -0.1) is 4.31 Å². The van der Waals surface area contributed by atoms with Crippen molar-refractivity contribution >= 4 is 17.0 Å². The Balaban J connectivity index is 2.17. The van der Waals surface area contributed by atoms with E-state index in [1.54, 1.807) is 0 Å². The number of rotatable bonds is 3. The number of benzene rings is 1. The van der Waals surface area contributed by atoms with E-state index in [1.807, 2.05) is 6.07 Å². The van der Waals surface area contributed by atoms with Gasteiger partial charge in [0, 0.05) is 30.7 Å². The first-order chi connectivity index (χ1) is 9.02. The summed E-state index contributed by atoms with van der Waals surface area (Å²) in [6, 6.07) is 6.36. The fraction of sp³-hybridized carbons (Fsp3) is 0.364. The maximum absolute atomic E-state index is 13.2. The molecule has 8 heteroatoms. The summed E-state index contributed by atoms with van der Waals surface area (Å²) in [7, 11) is 0. The van der Waals surface area contributed by atoms with Crippen LogP contribution < -0.4 is 0 Å². The van der Waals surface area contributed by atoms with E-state index in [1.165, 1.54) is 28.6 Å². The lowest BCUT2D eigenvalue weighted by Crippen LogP contribution is -2.35. The monoisotopic (exact) mass is 283 g/mol. The summed E-state index contributed by atoms with van der Waals surface area (Å²) in [5.74, 6) is 0. The number of nitriles is 1. The number of halogens is 1. The Kier molecular flexibility index (Phi) is 3.99. The maximum Gasteiger partial charge on any atom is 0.269 e. The SMILES string of the molecule is N#C[C@H]1C[C@@H](F)CN1[S+]([O-])c1ccc([N+](=O)[O-])cc1. The van der Waals surface area contributed by atoms with Crippen LogP contribution in [0.2, 0.25) is 0 Å². The lowest BCUT2D eigenvalue weighted by atomic mass is 10.2. The Morgan fingerprint density at radius 2 is 2.11 bits per heavy atom. The Hall–Kier alpha value is -1.69. The van der Waals surface area contributed by atoms with Gasteiger partial charge >= 0.3 is 0 Å². The highest BCUT2D eigenvalue weighted by Crippen LogP contribution is 2.28. The molecular weight excluding hydrogens is 273 g/mol. The first kappa shape index (κ1) is 13.7. The number of hydrogen-bond acceptors (Lipinski definition) is 5. The van der Waals surface area contributed by atoms with Crippen molar-refractivity contribution in [3.8, 4) is 6.07 Å². The molecule has 1 aliphatic heterocycles. The van der Waals surface area contributed by atoms with Crippen LogP contribution in [0.5, 0.6) is 0 Å². The summed E-state index contributed by atoms with van der Waals surface area (Å²) in [5.41, 5.74) is -0.109. The van der Waals surface area contributed by atoms with Crippen LogP contribution in [0, 0.1) is 21.4 Å². The molecule has 1 fully saturated rings. The van der Waals surface area contributed by atoms with Gasteiger partial charge in [-0.25, -0.2) is 4.39 Å². The van der Waals surface area contributed by atoms with Crippen molar-refractivity contribution in [2.45, 2.75) is 23.5 Å². The summed E-state index contributed by atoms with van der Waals surface area (Å²) in [4.78, 5) is 10.3. The van der Waals surface area contributed by atoms with E-state index >= 15 is 0 Å². The van der Waals surface area contributed by atoms with Crippen LogP contribution in [0.15, 0.2) is 29.2 Å². The third-order valence-corrected chi connectivity index (χ3v) is 4.32. The van der Waals surface area contributed by atoms with Gasteiger partial charge in [0.2, 0.25) is 0 Å². The Labute approximate surface area is 111 Å². The molecule has 0 aromatic heterocycles. The molecule has 1 heterocycles. The molecule has 1 saturated heterocycles. The summed E-state index contributed by atoms with van der Waals surface area (Å²) < 4.78 is 26.7. The number of non-ortho nitro benzene ring substituents is 1. The second-order valence-electron chi connectivity index (χ2n) is 4.08. The molecule has 100 valence electrons. The predicted octanol–water partition coefficient (Wildman–Crippen LogP) is 1.55. The minimum Gasteiger partial charge on any atom is -0.593 e. The zero-order chi connectivity index (χ0) is 14.0. The van der Waals surface area contributed by atoms with Crippen LogP contribution in [0.4, 0.5) is 10.1 Å². The summed E-state index contributed by atoms with van der Waals surface area (Å²) in [6.07, 6.45) is -1.14. The molecule has 2 rings (SSSR count). The Morgan fingerprint density at radius 3 is 2.63 bits per heavy atom. The van der Waals surface area contributed by atoms with Gasteiger partial charge in [0.25, 0.3) is 5.69 Å².